The first-order valence-electron chi connectivity index (χ1n) is 23.1. The van der Waals surface area contributed by atoms with E-state index in [0.717, 1.165) is 46.0 Å². The molecule has 0 unspecified atom stereocenters. The number of imidazole rings is 1. The number of likely N-dealkylation sites (tertiary alicyclic amines) is 1. The highest BCUT2D eigenvalue weighted by Crippen LogP contribution is 2.45. The molecule has 3 saturated heterocycles. The fraction of sp³-hybridized carbons (Fsp3) is 0.423. The van der Waals surface area contributed by atoms with Crippen molar-refractivity contribution in [3.63, 3.8) is 0 Å². The van der Waals surface area contributed by atoms with Gasteiger partial charge in [-0.3, -0.25) is 4.79 Å². The largest absolute Gasteiger partial charge is 0.448 e. The summed E-state index contributed by atoms with van der Waals surface area (Å²) < 4.78 is 72.3. The van der Waals surface area contributed by atoms with Crippen molar-refractivity contribution in [3.8, 4) is 22.4 Å². The van der Waals surface area contributed by atoms with Crippen LogP contribution in [0, 0.1) is 23.5 Å². The Balaban J connectivity index is 1.06. The number of fused-ring (bicyclic) bond motifs is 3. The van der Waals surface area contributed by atoms with Gasteiger partial charge in [-0.15, -0.1) is 0 Å². The van der Waals surface area contributed by atoms with Crippen molar-refractivity contribution in [3.05, 3.63) is 137 Å². The van der Waals surface area contributed by atoms with Gasteiger partial charge in [-0.2, -0.15) is 0 Å². The minimum Gasteiger partial charge on any atom is -0.448 e. The van der Waals surface area contributed by atoms with E-state index in [1.807, 2.05) is 71.3 Å². The number of halogens is 3. The van der Waals surface area contributed by atoms with Crippen LogP contribution in [0.15, 0.2) is 103 Å². The standard InChI is InChI=1S/C52H56F3N5O7/c1-52(2,3)67-51(63)59-27-35(44(55)29-59)28-60(49(61)46-31-57(21-24-65-46)50(62)66-32-42-39-15-9-7-13-37(39)38-14-8-10-16-40(38)42)47(34-19-22-64-23-20-34)48-56-45(41-25-36(53)17-18-43(41)54)30-58(48)26-33-11-5-4-6-12-33/h4-18,25,30,34-35,42,44,46-47H,19-24,26-29,31-32H2,1-3H3/t35-,44-,46+,47+/m0/s1. The Labute approximate surface area is 388 Å². The zero-order valence-electron chi connectivity index (χ0n) is 38.0. The van der Waals surface area contributed by atoms with E-state index in [1.54, 1.807) is 31.9 Å². The molecule has 4 heterocycles. The van der Waals surface area contributed by atoms with Gasteiger partial charge in [0.25, 0.3) is 5.91 Å². The van der Waals surface area contributed by atoms with Crippen molar-refractivity contribution in [2.24, 2.45) is 11.8 Å². The number of ether oxygens (including phenoxy) is 4. The number of rotatable bonds is 11. The van der Waals surface area contributed by atoms with Gasteiger partial charge in [0.05, 0.1) is 31.4 Å². The second kappa shape index (κ2) is 19.6. The number of amides is 3. The molecule has 352 valence electrons. The number of carbonyl (C=O) groups is 3. The van der Waals surface area contributed by atoms with E-state index in [-0.39, 0.29) is 75.6 Å². The van der Waals surface area contributed by atoms with Crippen molar-refractivity contribution in [2.75, 3.05) is 59.2 Å². The smallest absolute Gasteiger partial charge is 0.410 e. The molecule has 0 spiro atoms. The number of hydrogen-bond donors (Lipinski definition) is 0. The summed E-state index contributed by atoms with van der Waals surface area (Å²) in [5.74, 6) is -2.76. The molecule has 4 atom stereocenters. The first kappa shape index (κ1) is 45.9. The summed E-state index contributed by atoms with van der Waals surface area (Å²) in [6.45, 7) is 5.97. The Hall–Kier alpha value is -6.19. The molecule has 0 bridgehead atoms. The molecule has 4 aliphatic rings. The molecule has 1 aliphatic carbocycles. The predicted octanol–water partition coefficient (Wildman–Crippen LogP) is 9.03. The number of benzene rings is 4. The van der Waals surface area contributed by atoms with Gasteiger partial charge in [0.2, 0.25) is 0 Å². The molecule has 1 aromatic heterocycles. The highest BCUT2D eigenvalue weighted by Gasteiger charge is 2.46. The first-order chi connectivity index (χ1) is 32.3. The summed E-state index contributed by atoms with van der Waals surface area (Å²) in [7, 11) is 0. The minimum absolute atomic E-state index is 0.0313. The number of alkyl halides is 1. The quantitative estimate of drug-likeness (QED) is 0.129. The highest BCUT2D eigenvalue weighted by atomic mass is 19.1. The summed E-state index contributed by atoms with van der Waals surface area (Å²) in [6, 6.07) is 28.0. The van der Waals surface area contributed by atoms with Gasteiger partial charge in [0.15, 0.2) is 6.10 Å². The Morgan fingerprint density at radius 2 is 1.51 bits per heavy atom. The lowest BCUT2D eigenvalue weighted by Gasteiger charge is -2.42. The SMILES string of the molecule is CC(C)(C)OC(=O)N1C[C@@H](CN(C(=O)[C@H]2CN(C(=O)OCC3c4ccccc4-c4ccccc43)CCO2)[C@@H](c2nc(-c3cc(F)ccc3F)cn2Cc2ccccc2)C2CCOCC2)[C@@H](F)C1. The van der Waals surface area contributed by atoms with Gasteiger partial charge in [0.1, 0.15) is 35.8 Å². The molecule has 0 N–H and O–H groups in total. The molecule has 0 radical (unpaired) electrons. The average Bonchev–Trinajstić information content (AvgIpc) is 4.01. The van der Waals surface area contributed by atoms with E-state index < -0.39 is 59.6 Å². The van der Waals surface area contributed by atoms with Gasteiger partial charge >= 0.3 is 12.2 Å². The second-order valence-corrected chi connectivity index (χ2v) is 18.9. The maximum Gasteiger partial charge on any atom is 0.410 e. The third-order valence-electron chi connectivity index (χ3n) is 13.2. The molecule has 0 saturated carbocycles. The normalized spacial score (nSPS) is 20.3. The van der Waals surface area contributed by atoms with Crippen molar-refractivity contribution < 1.29 is 46.5 Å². The highest BCUT2D eigenvalue weighted by molar-refractivity contribution is 5.83. The van der Waals surface area contributed by atoms with Gasteiger partial charge in [0, 0.05) is 63.0 Å². The Bertz CT molecular complexity index is 2530. The minimum atomic E-state index is -1.52. The number of hydrogen-bond acceptors (Lipinski definition) is 8. The zero-order chi connectivity index (χ0) is 46.8. The fourth-order valence-electron chi connectivity index (χ4n) is 9.94. The van der Waals surface area contributed by atoms with Crippen LogP contribution < -0.4 is 0 Å². The summed E-state index contributed by atoms with van der Waals surface area (Å²) >= 11 is 0. The van der Waals surface area contributed by atoms with Crippen LogP contribution in [0.5, 0.6) is 0 Å². The molecule has 3 aliphatic heterocycles. The molecule has 4 aromatic carbocycles. The molecule has 9 rings (SSSR count). The number of aromatic nitrogens is 2. The Kier molecular flexibility index (Phi) is 13.4. The van der Waals surface area contributed by atoms with Crippen LogP contribution in [-0.4, -0.2) is 119 Å². The molecule has 67 heavy (non-hydrogen) atoms. The monoisotopic (exact) mass is 919 g/mol. The maximum absolute atomic E-state index is 16.4. The van der Waals surface area contributed by atoms with Crippen molar-refractivity contribution in [1.82, 2.24) is 24.3 Å². The molecule has 12 nitrogen and oxygen atoms in total. The van der Waals surface area contributed by atoms with E-state index in [2.05, 4.69) is 12.1 Å². The summed E-state index contributed by atoms with van der Waals surface area (Å²) in [5, 5.41) is 0. The maximum atomic E-state index is 16.4. The van der Waals surface area contributed by atoms with Crippen molar-refractivity contribution in [1.29, 1.82) is 0 Å². The zero-order valence-corrected chi connectivity index (χ0v) is 38.0. The lowest BCUT2D eigenvalue weighted by atomic mass is 9.88. The Morgan fingerprint density at radius 1 is 0.821 bits per heavy atom. The van der Waals surface area contributed by atoms with Crippen LogP contribution in [0.1, 0.15) is 68.1 Å². The predicted molar refractivity (Wildman–Crippen MR) is 244 cm³/mol. The topological polar surface area (TPSA) is 116 Å². The molecule has 3 amide bonds. The molecular formula is C52H56F3N5O7. The molecular weight excluding hydrogens is 864 g/mol. The van der Waals surface area contributed by atoms with Crippen LogP contribution in [0.2, 0.25) is 0 Å². The lowest BCUT2D eigenvalue weighted by Crippen LogP contribution is -2.55. The van der Waals surface area contributed by atoms with E-state index in [0.29, 0.717) is 31.9 Å². The van der Waals surface area contributed by atoms with E-state index >= 15 is 13.6 Å². The molecule has 15 heteroatoms. The second-order valence-electron chi connectivity index (χ2n) is 18.9. The van der Waals surface area contributed by atoms with Crippen molar-refractivity contribution in [2.45, 2.75) is 70.0 Å². The molecule has 5 aromatic rings. The van der Waals surface area contributed by atoms with Gasteiger partial charge in [-0.05, 0) is 85.5 Å². The van der Waals surface area contributed by atoms with E-state index in [4.69, 9.17) is 23.9 Å². The first-order valence-corrected chi connectivity index (χ1v) is 23.1. The number of carbonyl (C=O) groups excluding carboxylic acids is 3. The van der Waals surface area contributed by atoms with Gasteiger partial charge in [-0.1, -0.05) is 78.9 Å². The third kappa shape index (κ3) is 10.1. The van der Waals surface area contributed by atoms with Crippen molar-refractivity contribution >= 4 is 18.1 Å². The average molecular weight is 920 g/mol. The van der Waals surface area contributed by atoms with E-state index in [9.17, 15) is 14.0 Å². The summed E-state index contributed by atoms with van der Waals surface area (Å²) in [6.07, 6.45) is -1.31. The summed E-state index contributed by atoms with van der Waals surface area (Å²) in [5.41, 5.74) is 4.50. The van der Waals surface area contributed by atoms with Crippen LogP contribution in [0.25, 0.3) is 22.4 Å². The van der Waals surface area contributed by atoms with Crippen LogP contribution >= 0.6 is 0 Å². The number of nitrogens with zero attached hydrogens (tertiary/aromatic N) is 5. The fourth-order valence-corrected chi connectivity index (χ4v) is 9.94. The van der Waals surface area contributed by atoms with Crippen LogP contribution in [0.3, 0.4) is 0 Å². The molecule has 3 fully saturated rings. The van der Waals surface area contributed by atoms with Crippen LogP contribution in [-0.2, 0) is 30.3 Å². The van der Waals surface area contributed by atoms with Gasteiger partial charge in [-0.25, -0.2) is 27.7 Å². The Morgan fingerprint density at radius 3 is 2.21 bits per heavy atom. The van der Waals surface area contributed by atoms with E-state index in [1.165, 1.54) is 9.80 Å². The summed E-state index contributed by atoms with van der Waals surface area (Å²) in [4.78, 5) is 52.2. The number of morpholine rings is 1. The third-order valence-corrected chi connectivity index (χ3v) is 13.2. The lowest BCUT2D eigenvalue weighted by molar-refractivity contribution is -0.154. The van der Waals surface area contributed by atoms with Gasteiger partial charge < -0.3 is 38.2 Å². The van der Waals surface area contributed by atoms with Crippen LogP contribution in [0.4, 0.5) is 22.8 Å².